The second-order valence-corrected chi connectivity index (χ2v) is 12.3. The van der Waals surface area contributed by atoms with Crippen LogP contribution in [0.2, 0.25) is 0 Å². The van der Waals surface area contributed by atoms with Crippen LogP contribution >= 0.6 is 8.53 Å². The summed E-state index contributed by atoms with van der Waals surface area (Å²) in [6.45, 7) is 0.263. The van der Waals surface area contributed by atoms with E-state index in [4.69, 9.17) is 34.5 Å². The molecule has 0 spiro atoms. The molecule has 4 atom stereocenters. The first-order chi connectivity index (χ1) is 23.9. The Kier molecular flexibility index (Phi) is 10.5. The maximum Gasteiger partial charge on any atom is 0.280 e. The van der Waals surface area contributed by atoms with Crippen LogP contribution in [0.15, 0.2) is 90.0 Å². The number of nitriles is 1. The minimum absolute atomic E-state index is 0.0122. The molecule has 1 aliphatic heterocycles. The first-order valence-corrected chi connectivity index (χ1v) is 16.7. The van der Waals surface area contributed by atoms with Crippen molar-refractivity contribution in [2.75, 3.05) is 33.1 Å². The molecule has 15 heteroatoms. The summed E-state index contributed by atoms with van der Waals surface area (Å²) in [5.74, 6) is 1.32. The fourth-order valence-electron chi connectivity index (χ4n) is 5.94. The quantitative estimate of drug-likeness (QED) is 0.0744. The summed E-state index contributed by atoms with van der Waals surface area (Å²) in [4.78, 5) is 34.3. The number of hydrogen-bond donors (Lipinski definition) is 4. The summed E-state index contributed by atoms with van der Waals surface area (Å²) in [7, 11) is 1.11. The second-order valence-electron chi connectivity index (χ2n) is 11.2. The second kappa shape index (κ2) is 15.1. The fourth-order valence-corrected chi connectivity index (χ4v) is 6.80. The number of benzene rings is 3. The van der Waals surface area contributed by atoms with Gasteiger partial charge >= 0.3 is 0 Å². The van der Waals surface area contributed by atoms with Gasteiger partial charge in [0.15, 0.2) is 11.2 Å². The Hall–Kier alpha value is -4.87. The highest BCUT2D eigenvalue weighted by Crippen LogP contribution is 2.44. The van der Waals surface area contributed by atoms with Gasteiger partial charge in [-0.05, 0) is 41.0 Å². The van der Waals surface area contributed by atoms with Crippen LogP contribution in [0, 0.1) is 11.3 Å². The van der Waals surface area contributed by atoms with Crippen LogP contribution in [0.25, 0.3) is 11.2 Å². The molecule has 0 amide bonds. The Morgan fingerprint density at radius 2 is 1.69 bits per heavy atom. The van der Waals surface area contributed by atoms with Crippen molar-refractivity contribution < 1.29 is 28.4 Å². The van der Waals surface area contributed by atoms with E-state index in [9.17, 15) is 9.69 Å². The number of anilines is 1. The molecular weight excluding hydrogens is 649 g/mol. The molecule has 1 saturated heterocycles. The van der Waals surface area contributed by atoms with Crippen LogP contribution in [0.4, 0.5) is 5.95 Å². The third-order valence-electron chi connectivity index (χ3n) is 8.30. The molecule has 49 heavy (non-hydrogen) atoms. The average Bonchev–Trinajstić information content (AvgIpc) is 3.73. The van der Waals surface area contributed by atoms with E-state index in [-0.39, 0.29) is 43.1 Å². The zero-order chi connectivity index (χ0) is 34.4. The minimum Gasteiger partial charge on any atom is -0.497 e. The molecule has 1 fully saturated rings. The number of nitrogens with two attached hydrogens (primary N) is 1. The first-order valence-electron chi connectivity index (χ1n) is 15.5. The van der Waals surface area contributed by atoms with E-state index >= 15 is 0 Å². The van der Waals surface area contributed by atoms with Crippen molar-refractivity contribution in [2.24, 2.45) is 0 Å². The summed E-state index contributed by atoms with van der Waals surface area (Å²) in [5.41, 5.74) is 7.14. The molecule has 3 heterocycles. The lowest BCUT2D eigenvalue weighted by Gasteiger charge is -2.37. The van der Waals surface area contributed by atoms with Crippen molar-refractivity contribution in [1.82, 2.24) is 24.6 Å². The van der Waals surface area contributed by atoms with Gasteiger partial charge in [0.1, 0.15) is 29.4 Å². The van der Waals surface area contributed by atoms with Crippen molar-refractivity contribution >= 4 is 25.6 Å². The summed E-state index contributed by atoms with van der Waals surface area (Å²) in [6, 6.07) is 27.2. The van der Waals surface area contributed by atoms with E-state index in [0.29, 0.717) is 11.5 Å². The van der Waals surface area contributed by atoms with Crippen molar-refractivity contribution in [3.05, 3.63) is 112 Å². The standard InChI is InChI=1S/C34H36N7O7P/c1-44-25-13-9-23(10-14-25)34(22-7-4-3-5-8-22,24-11-15-26(45-2)16-12-24)46-20-28-27(48-49(43)38-18-6-17-35)19-29(47-28)41-21-37-30-31(41)39-33(36)40-32(30)42/h3-5,7-16,21,27-29,38,43H,6,18-20H2,1-2H3,(H3,36,39,40,42)/t27-,28+,29+,49?/m0/s1. The Morgan fingerprint density at radius 1 is 1.06 bits per heavy atom. The lowest BCUT2D eigenvalue weighted by molar-refractivity contribution is -0.0902. The maximum atomic E-state index is 12.5. The van der Waals surface area contributed by atoms with Crippen molar-refractivity contribution in [3.8, 4) is 17.6 Å². The van der Waals surface area contributed by atoms with Crippen LogP contribution in [-0.4, -0.2) is 64.0 Å². The highest BCUT2D eigenvalue weighted by Gasteiger charge is 2.44. The van der Waals surface area contributed by atoms with E-state index in [1.165, 1.54) is 6.33 Å². The van der Waals surface area contributed by atoms with Gasteiger partial charge in [-0.2, -0.15) is 10.2 Å². The number of nitrogens with zero attached hydrogens (tertiary/aromatic N) is 4. The number of nitrogen functional groups attached to an aromatic ring is 1. The Bertz CT molecular complexity index is 1900. The van der Waals surface area contributed by atoms with Gasteiger partial charge in [0.05, 0.1) is 39.3 Å². The number of imidazole rings is 1. The lowest BCUT2D eigenvalue weighted by Crippen LogP contribution is -2.38. The topological polar surface area (TPSA) is 192 Å². The maximum absolute atomic E-state index is 12.5. The number of aromatic nitrogens is 4. The number of aromatic amines is 1. The molecule has 0 bridgehead atoms. The smallest absolute Gasteiger partial charge is 0.280 e. The normalized spacial score (nSPS) is 18.3. The third kappa shape index (κ3) is 7.13. The number of methoxy groups -OCH3 is 2. The fraction of sp³-hybridized carbons (Fsp3) is 0.294. The lowest BCUT2D eigenvalue weighted by atomic mass is 9.80. The third-order valence-corrected chi connectivity index (χ3v) is 9.26. The SMILES string of the molecule is COc1ccc(C(OC[C@H]2O[C@@H](n3cnc4c(=O)[nH]c(N)nc43)C[C@@H]2OP(O)NCCC#N)(c2ccccc2)c2ccc(OC)cc2)cc1. The number of nitrogens with one attached hydrogen (secondary N) is 2. The van der Waals surface area contributed by atoms with Gasteiger partial charge in [0.2, 0.25) is 5.95 Å². The van der Waals surface area contributed by atoms with Crippen LogP contribution in [0.1, 0.15) is 35.8 Å². The Labute approximate surface area is 283 Å². The van der Waals surface area contributed by atoms with E-state index < -0.39 is 38.1 Å². The van der Waals surface area contributed by atoms with Gasteiger partial charge in [-0.25, -0.2) is 10.1 Å². The van der Waals surface area contributed by atoms with E-state index in [1.807, 2.05) is 84.9 Å². The van der Waals surface area contributed by atoms with Crippen LogP contribution in [0.3, 0.4) is 0 Å². The number of fused-ring (bicyclic) bond motifs is 1. The van der Waals surface area contributed by atoms with Crippen molar-refractivity contribution in [3.63, 3.8) is 0 Å². The van der Waals surface area contributed by atoms with E-state index in [1.54, 1.807) is 18.8 Å². The first kappa shape index (κ1) is 34.0. The van der Waals surface area contributed by atoms with Crippen LogP contribution < -0.4 is 25.9 Å². The molecular formula is C34H36N7O7P. The molecule has 1 aliphatic rings. The number of ether oxygens (including phenoxy) is 4. The predicted octanol–water partition coefficient (Wildman–Crippen LogP) is 4.12. The molecule has 254 valence electrons. The molecule has 2 aromatic heterocycles. The molecule has 5 aromatic rings. The summed E-state index contributed by atoms with van der Waals surface area (Å²) < 4.78 is 32.3. The Morgan fingerprint density at radius 3 is 2.31 bits per heavy atom. The van der Waals surface area contributed by atoms with Crippen molar-refractivity contribution in [2.45, 2.75) is 36.9 Å². The highest BCUT2D eigenvalue weighted by molar-refractivity contribution is 7.43. The number of H-pyrrole nitrogens is 1. The summed E-state index contributed by atoms with van der Waals surface area (Å²) in [6.07, 6.45) is -0.147. The average molecular weight is 686 g/mol. The summed E-state index contributed by atoms with van der Waals surface area (Å²) >= 11 is 0. The predicted molar refractivity (Wildman–Crippen MR) is 182 cm³/mol. The van der Waals surface area contributed by atoms with Crippen molar-refractivity contribution in [1.29, 1.82) is 5.26 Å². The monoisotopic (exact) mass is 685 g/mol. The number of rotatable bonds is 14. The summed E-state index contributed by atoms with van der Waals surface area (Å²) in [5, 5.41) is 11.8. The Balaban J connectivity index is 1.39. The molecule has 3 aromatic carbocycles. The molecule has 5 N–H and O–H groups in total. The van der Waals surface area contributed by atoms with E-state index in [0.717, 1.165) is 16.7 Å². The van der Waals surface area contributed by atoms with Gasteiger partial charge in [-0.15, -0.1) is 0 Å². The molecule has 14 nitrogen and oxygen atoms in total. The molecule has 0 radical (unpaired) electrons. The molecule has 1 unspecified atom stereocenters. The van der Waals surface area contributed by atoms with Crippen LogP contribution in [0.5, 0.6) is 11.5 Å². The van der Waals surface area contributed by atoms with Gasteiger partial charge in [0, 0.05) is 19.4 Å². The van der Waals surface area contributed by atoms with Crippen LogP contribution in [-0.2, 0) is 19.6 Å². The van der Waals surface area contributed by atoms with Gasteiger partial charge in [-0.3, -0.25) is 14.3 Å². The largest absolute Gasteiger partial charge is 0.497 e. The highest BCUT2D eigenvalue weighted by atomic mass is 31.2. The molecule has 0 saturated carbocycles. The zero-order valence-corrected chi connectivity index (χ0v) is 27.7. The van der Waals surface area contributed by atoms with E-state index in [2.05, 4.69) is 20.0 Å². The zero-order valence-electron chi connectivity index (χ0n) is 26.9. The van der Waals surface area contributed by atoms with Gasteiger partial charge < -0.3 is 34.1 Å². The van der Waals surface area contributed by atoms with Gasteiger partial charge in [-0.1, -0.05) is 54.6 Å². The molecule has 6 rings (SSSR count). The number of hydrogen-bond acceptors (Lipinski definition) is 12. The minimum atomic E-state index is -2.11. The van der Waals surface area contributed by atoms with Gasteiger partial charge in [0.25, 0.3) is 14.1 Å². The molecule has 0 aliphatic carbocycles.